The number of esters is 1. The fraction of sp³-hybridized carbons (Fsp3) is 0.435. The molecule has 0 saturated carbocycles. The number of benzene rings is 1. The second-order valence-corrected chi connectivity index (χ2v) is 9.46. The van der Waals surface area contributed by atoms with E-state index in [4.69, 9.17) is 9.47 Å². The Morgan fingerprint density at radius 2 is 1.94 bits per heavy atom. The van der Waals surface area contributed by atoms with E-state index in [1.54, 1.807) is 20.8 Å². The lowest BCUT2D eigenvalue weighted by molar-refractivity contribution is -0.154. The molecule has 1 aromatic rings. The van der Waals surface area contributed by atoms with E-state index in [0.29, 0.717) is 30.6 Å². The molecule has 1 amide bonds. The van der Waals surface area contributed by atoms with Crippen LogP contribution in [0.3, 0.4) is 0 Å². The van der Waals surface area contributed by atoms with Crippen LogP contribution in [0.2, 0.25) is 0 Å². The summed E-state index contributed by atoms with van der Waals surface area (Å²) in [6, 6.07) is 7.58. The summed E-state index contributed by atoms with van der Waals surface area (Å²) >= 11 is 3.39. The summed E-state index contributed by atoms with van der Waals surface area (Å²) in [4.78, 5) is 38.0. The standard InChI is InChI=1S/C23H26BrNO6/c1-23(2,3)31-18(26)11-25-22(29)19-20(27)15-8-9-30-12-17(15)16(21(19)28)10-13-4-6-14(24)7-5-13/h4-7,16,27H,8-12H2,1-3H3,(H,25,29). The first-order chi connectivity index (χ1) is 14.6. The number of amides is 1. The Morgan fingerprint density at radius 1 is 1.26 bits per heavy atom. The van der Waals surface area contributed by atoms with Crippen molar-refractivity contribution >= 4 is 33.6 Å². The number of hydrogen-bond donors (Lipinski definition) is 2. The fourth-order valence-electron chi connectivity index (χ4n) is 3.70. The Morgan fingerprint density at radius 3 is 2.58 bits per heavy atom. The number of aliphatic hydroxyl groups is 1. The van der Waals surface area contributed by atoms with E-state index >= 15 is 0 Å². The Labute approximate surface area is 189 Å². The Kier molecular flexibility index (Phi) is 7.01. The molecule has 3 rings (SSSR count). The molecule has 0 saturated heterocycles. The molecule has 7 nitrogen and oxygen atoms in total. The van der Waals surface area contributed by atoms with Crippen molar-refractivity contribution in [1.82, 2.24) is 5.32 Å². The zero-order valence-electron chi connectivity index (χ0n) is 17.8. The lowest BCUT2D eigenvalue weighted by atomic mass is 9.76. The Hall–Kier alpha value is -2.45. The van der Waals surface area contributed by atoms with E-state index in [0.717, 1.165) is 10.0 Å². The molecular formula is C23H26BrNO6. The summed E-state index contributed by atoms with van der Waals surface area (Å²) in [6.45, 7) is 5.40. The number of ether oxygens (including phenoxy) is 2. The number of hydrogen-bond acceptors (Lipinski definition) is 6. The summed E-state index contributed by atoms with van der Waals surface area (Å²) < 4.78 is 11.6. The quantitative estimate of drug-likeness (QED) is 0.484. The average Bonchev–Trinajstić information content (AvgIpc) is 2.70. The minimum atomic E-state index is -0.785. The van der Waals surface area contributed by atoms with Crippen molar-refractivity contribution in [3.05, 3.63) is 56.8 Å². The molecule has 1 unspecified atom stereocenters. The van der Waals surface area contributed by atoms with Gasteiger partial charge in [0.1, 0.15) is 23.5 Å². The highest BCUT2D eigenvalue weighted by Gasteiger charge is 2.40. The Balaban J connectivity index is 1.84. The van der Waals surface area contributed by atoms with E-state index in [1.165, 1.54) is 0 Å². The van der Waals surface area contributed by atoms with Gasteiger partial charge in [-0.2, -0.15) is 0 Å². The summed E-state index contributed by atoms with van der Waals surface area (Å²) in [6.07, 6.45) is 0.790. The van der Waals surface area contributed by atoms with Gasteiger partial charge in [-0.1, -0.05) is 28.1 Å². The third kappa shape index (κ3) is 5.62. The van der Waals surface area contributed by atoms with E-state index in [2.05, 4.69) is 21.2 Å². The van der Waals surface area contributed by atoms with Crippen LogP contribution in [-0.4, -0.2) is 48.1 Å². The van der Waals surface area contributed by atoms with Crippen molar-refractivity contribution in [3.63, 3.8) is 0 Å². The lowest BCUT2D eigenvalue weighted by Crippen LogP contribution is -2.41. The van der Waals surface area contributed by atoms with Crippen LogP contribution in [-0.2, 0) is 30.3 Å². The smallest absolute Gasteiger partial charge is 0.325 e. The van der Waals surface area contributed by atoms with Crippen LogP contribution in [0.25, 0.3) is 0 Å². The third-order valence-corrected chi connectivity index (χ3v) is 5.57. The molecule has 1 atom stereocenters. The molecule has 31 heavy (non-hydrogen) atoms. The van der Waals surface area contributed by atoms with E-state index < -0.39 is 35.7 Å². The van der Waals surface area contributed by atoms with Crippen molar-refractivity contribution in [3.8, 4) is 0 Å². The molecule has 0 bridgehead atoms. The zero-order valence-corrected chi connectivity index (χ0v) is 19.4. The lowest BCUT2D eigenvalue weighted by Gasteiger charge is -2.31. The molecule has 0 fully saturated rings. The topological polar surface area (TPSA) is 102 Å². The highest BCUT2D eigenvalue weighted by atomic mass is 79.9. The highest BCUT2D eigenvalue weighted by molar-refractivity contribution is 9.10. The number of rotatable bonds is 5. The minimum Gasteiger partial charge on any atom is -0.507 e. The largest absolute Gasteiger partial charge is 0.507 e. The van der Waals surface area contributed by atoms with Crippen LogP contribution in [0.4, 0.5) is 0 Å². The van der Waals surface area contributed by atoms with Gasteiger partial charge in [-0.3, -0.25) is 14.4 Å². The van der Waals surface area contributed by atoms with Gasteiger partial charge in [0, 0.05) is 4.47 Å². The number of carbonyl (C=O) groups is 3. The maximum atomic E-state index is 13.3. The number of aliphatic hydroxyl groups excluding tert-OH is 1. The molecule has 0 aromatic heterocycles. The van der Waals surface area contributed by atoms with Crippen LogP contribution in [0.15, 0.2) is 51.2 Å². The maximum Gasteiger partial charge on any atom is 0.325 e. The second kappa shape index (κ2) is 9.36. The first-order valence-electron chi connectivity index (χ1n) is 10.1. The van der Waals surface area contributed by atoms with Crippen molar-refractivity contribution in [2.45, 2.75) is 39.2 Å². The van der Waals surface area contributed by atoms with Crippen molar-refractivity contribution in [1.29, 1.82) is 0 Å². The monoisotopic (exact) mass is 491 g/mol. The number of nitrogens with one attached hydrogen (secondary N) is 1. The van der Waals surface area contributed by atoms with Crippen molar-refractivity contribution < 1.29 is 29.0 Å². The van der Waals surface area contributed by atoms with Crippen LogP contribution in [0.1, 0.15) is 32.8 Å². The molecule has 8 heteroatoms. The van der Waals surface area contributed by atoms with Gasteiger partial charge in [0.05, 0.1) is 19.1 Å². The summed E-state index contributed by atoms with van der Waals surface area (Å²) in [5, 5.41) is 13.1. The normalized spacial score (nSPS) is 19.2. The van der Waals surface area contributed by atoms with Gasteiger partial charge in [-0.05, 0) is 62.5 Å². The molecule has 1 heterocycles. The zero-order chi connectivity index (χ0) is 22.8. The predicted molar refractivity (Wildman–Crippen MR) is 117 cm³/mol. The van der Waals surface area contributed by atoms with E-state index in [1.807, 2.05) is 24.3 Å². The van der Waals surface area contributed by atoms with Gasteiger partial charge in [-0.15, -0.1) is 0 Å². The summed E-state index contributed by atoms with van der Waals surface area (Å²) in [7, 11) is 0. The highest BCUT2D eigenvalue weighted by Crippen LogP contribution is 2.37. The SMILES string of the molecule is CC(C)(C)OC(=O)CNC(=O)C1=C(O)C2=C(COCC2)C(Cc2ccc(Br)cc2)C1=O. The molecule has 1 aliphatic carbocycles. The first kappa shape index (κ1) is 23.2. The van der Waals surface area contributed by atoms with Crippen LogP contribution >= 0.6 is 15.9 Å². The molecular weight excluding hydrogens is 466 g/mol. The average molecular weight is 492 g/mol. The molecule has 1 aromatic carbocycles. The molecule has 2 N–H and O–H groups in total. The molecule has 166 valence electrons. The number of allylic oxidation sites excluding steroid dienone is 1. The summed E-state index contributed by atoms with van der Waals surface area (Å²) in [5.41, 5.74) is 1.21. The first-order valence-corrected chi connectivity index (χ1v) is 10.9. The van der Waals surface area contributed by atoms with Gasteiger partial charge in [-0.25, -0.2) is 0 Å². The number of halogens is 1. The van der Waals surface area contributed by atoms with Gasteiger partial charge in [0.25, 0.3) is 5.91 Å². The van der Waals surface area contributed by atoms with Gasteiger partial charge >= 0.3 is 5.97 Å². The van der Waals surface area contributed by atoms with Crippen LogP contribution < -0.4 is 5.32 Å². The minimum absolute atomic E-state index is 0.235. The molecule has 0 spiro atoms. The number of ketones is 1. The fourth-order valence-corrected chi connectivity index (χ4v) is 3.96. The molecule has 2 aliphatic rings. The Bertz CT molecular complexity index is 955. The van der Waals surface area contributed by atoms with E-state index in [9.17, 15) is 19.5 Å². The van der Waals surface area contributed by atoms with Gasteiger partial charge in [0.2, 0.25) is 0 Å². The van der Waals surface area contributed by atoms with Crippen molar-refractivity contribution in [2.24, 2.45) is 5.92 Å². The third-order valence-electron chi connectivity index (χ3n) is 5.04. The number of Topliss-reactive ketones (excluding diaryl/α,β-unsaturated/α-hetero) is 1. The second-order valence-electron chi connectivity index (χ2n) is 8.55. The van der Waals surface area contributed by atoms with Crippen molar-refractivity contribution in [2.75, 3.05) is 19.8 Å². The van der Waals surface area contributed by atoms with Gasteiger partial charge < -0.3 is 19.9 Å². The van der Waals surface area contributed by atoms with Crippen LogP contribution in [0.5, 0.6) is 0 Å². The van der Waals surface area contributed by atoms with Gasteiger partial charge in [0.15, 0.2) is 5.78 Å². The maximum absolute atomic E-state index is 13.3. The number of carbonyl (C=O) groups excluding carboxylic acids is 3. The molecule has 0 radical (unpaired) electrons. The summed E-state index contributed by atoms with van der Waals surface area (Å²) in [5.74, 6) is -2.83. The van der Waals surface area contributed by atoms with Crippen LogP contribution in [0, 0.1) is 5.92 Å². The molecule has 1 aliphatic heterocycles. The predicted octanol–water partition coefficient (Wildman–Crippen LogP) is 3.18. The van der Waals surface area contributed by atoms with E-state index in [-0.39, 0.29) is 17.9 Å².